The van der Waals surface area contributed by atoms with E-state index in [2.05, 4.69) is 4.98 Å². The fourth-order valence-corrected chi connectivity index (χ4v) is 2.16. The molecule has 0 unspecified atom stereocenters. The van der Waals surface area contributed by atoms with Crippen LogP contribution >= 0.6 is 0 Å². The maximum Gasteiger partial charge on any atom is 0.349 e. The van der Waals surface area contributed by atoms with Gasteiger partial charge in [0.2, 0.25) is 0 Å². The Morgan fingerprint density at radius 3 is 2.22 bits per heavy atom. The molecule has 0 saturated heterocycles. The van der Waals surface area contributed by atoms with Crippen LogP contribution in [0.1, 0.15) is 32.7 Å². The first-order valence-corrected chi connectivity index (χ1v) is 6.18. The topological polar surface area (TPSA) is 59.8 Å². The molecule has 1 aromatic heterocycles. The number of aromatic nitrogens is 3. The van der Waals surface area contributed by atoms with Crippen LogP contribution in [0.5, 0.6) is 0 Å². The lowest BCUT2D eigenvalue weighted by Crippen LogP contribution is -2.29. The fourth-order valence-electron chi connectivity index (χ4n) is 2.16. The van der Waals surface area contributed by atoms with Gasteiger partial charge >= 0.3 is 11.4 Å². The molecule has 0 aliphatic heterocycles. The van der Waals surface area contributed by atoms with Crippen molar-refractivity contribution < 1.29 is 0 Å². The highest BCUT2D eigenvalue weighted by atomic mass is 16.2. The third kappa shape index (κ3) is 2.03. The first-order chi connectivity index (χ1) is 8.69. The van der Waals surface area contributed by atoms with Crippen LogP contribution in [0.2, 0.25) is 0 Å². The van der Waals surface area contributed by atoms with Crippen molar-refractivity contribution >= 4 is 0 Å². The van der Waals surface area contributed by atoms with Gasteiger partial charge in [0.1, 0.15) is 0 Å². The monoisotopic (exact) mass is 247 g/mol. The second kappa shape index (κ2) is 5.08. The average Bonchev–Trinajstić information content (AvgIpc) is 2.68. The molecule has 0 bridgehead atoms. The number of para-hydroxylation sites is 1. The van der Waals surface area contributed by atoms with Gasteiger partial charge in [0.05, 0.1) is 11.7 Å². The van der Waals surface area contributed by atoms with Crippen molar-refractivity contribution in [1.29, 1.82) is 0 Å². The van der Waals surface area contributed by atoms with Crippen molar-refractivity contribution in [2.45, 2.75) is 32.7 Å². The van der Waals surface area contributed by atoms with Crippen molar-refractivity contribution in [2.24, 2.45) is 0 Å². The number of hydrogen-bond acceptors (Lipinski definition) is 2. The minimum absolute atomic E-state index is 0.0247. The highest BCUT2D eigenvalue weighted by molar-refractivity contribution is 5.29. The summed E-state index contributed by atoms with van der Waals surface area (Å²) in [5, 5.41) is 0. The zero-order valence-corrected chi connectivity index (χ0v) is 10.6. The molecule has 5 heteroatoms. The highest BCUT2D eigenvalue weighted by Gasteiger charge is 2.16. The molecule has 1 aromatic carbocycles. The van der Waals surface area contributed by atoms with Gasteiger partial charge in [-0.2, -0.15) is 4.68 Å². The quantitative estimate of drug-likeness (QED) is 0.893. The molecule has 2 aromatic rings. The molecule has 0 atom stereocenters. The molecule has 0 amide bonds. The lowest BCUT2D eigenvalue weighted by Gasteiger charge is -2.17. The SMILES string of the molecule is CCC(CC)n1c(=O)[nH]c(=O)n1-c1ccccc1. The minimum atomic E-state index is -0.391. The molecular formula is C13H17N3O2. The van der Waals surface area contributed by atoms with Crippen LogP contribution in [0.15, 0.2) is 39.9 Å². The Labute approximate surface area is 105 Å². The van der Waals surface area contributed by atoms with Crippen molar-refractivity contribution in [3.05, 3.63) is 51.3 Å². The van der Waals surface area contributed by atoms with Gasteiger partial charge in [-0.15, -0.1) is 0 Å². The number of nitrogens with zero attached hydrogens (tertiary/aromatic N) is 2. The second-order valence-electron chi connectivity index (χ2n) is 4.20. The molecule has 18 heavy (non-hydrogen) atoms. The Bertz CT molecular complexity index is 618. The lowest BCUT2D eigenvalue weighted by molar-refractivity contribution is 0.383. The van der Waals surface area contributed by atoms with Crippen LogP contribution in [0.25, 0.3) is 5.69 Å². The molecule has 5 nitrogen and oxygen atoms in total. The van der Waals surface area contributed by atoms with Gasteiger partial charge in [-0.3, -0.25) is 4.98 Å². The Hall–Kier alpha value is -2.04. The number of hydrogen-bond donors (Lipinski definition) is 1. The van der Waals surface area contributed by atoms with E-state index in [-0.39, 0.29) is 11.7 Å². The third-order valence-electron chi connectivity index (χ3n) is 3.12. The van der Waals surface area contributed by atoms with Gasteiger partial charge in [0.15, 0.2) is 0 Å². The summed E-state index contributed by atoms with van der Waals surface area (Å²) in [6, 6.07) is 9.21. The van der Waals surface area contributed by atoms with Gasteiger partial charge in [0.25, 0.3) is 0 Å². The Balaban J connectivity index is 2.68. The van der Waals surface area contributed by atoms with E-state index in [4.69, 9.17) is 0 Å². The molecule has 0 aliphatic carbocycles. The first-order valence-electron chi connectivity index (χ1n) is 6.18. The van der Waals surface area contributed by atoms with Crippen molar-refractivity contribution in [3.63, 3.8) is 0 Å². The number of nitrogens with one attached hydrogen (secondary N) is 1. The second-order valence-corrected chi connectivity index (χ2v) is 4.20. The van der Waals surface area contributed by atoms with E-state index in [9.17, 15) is 9.59 Å². The van der Waals surface area contributed by atoms with Crippen LogP contribution in [0, 0.1) is 0 Å². The molecule has 0 spiro atoms. The summed E-state index contributed by atoms with van der Waals surface area (Å²) in [6.45, 7) is 4.01. The number of benzene rings is 1. The Kier molecular flexibility index (Phi) is 3.50. The molecule has 0 radical (unpaired) electrons. The Morgan fingerprint density at radius 2 is 1.67 bits per heavy atom. The molecule has 0 saturated carbocycles. The third-order valence-corrected chi connectivity index (χ3v) is 3.12. The maximum atomic E-state index is 11.9. The summed E-state index contributed by atoms with van der Waals surface area (Å²) in [6.07, 6.45) is 1.61. The molecule has 1 heterocycles. The van der Waals surface area contributed by atoms with Crippen LogP contribution in [-0.2, 0) is 0 Å². The smallest absolute Gasteiger partial charge is 0.256 e. The molecule has 2 rings (SSSR count). The summed E-state index contributed by atoms with van der Waals surface area (Å²) in [5.74, 6) is 0. The van der Waals surface area contributed by atoms with Crippen LogP contribution in [0.4, 0.5) is 0 Å². The van der Waals surface area contributed by atoms with Crippen LogP contribution in [0.3, 0.4) is 0 Å². The highest BCUT2D eigenvalue weighted by Crippen LogP contribution is 2.14. The fraction of sp³-hybridized carbons (Fsp3) is 0.385. The summed E-state index contributed by atoms with van der Waals surface area (Å²) in [5.41, 5.74) is -0.0385. The van der Waals surface area contributed by atoms with E-state index in [0.29, 0.717) is 5.69 Å². The van der Waals surface area contributed by atoms with Gasteiger partial charge in [0, 0.05) is 0 Å². The molecule has 0 fully saturated rings. The number of rotatable bonds is 4. The number of aromatic amines is 1. The lowest BCUT2D eigenvalue weighted by atomic mass is 10.2. The standard InChI is InChI=1S/C13H17N3O2/c1-3-10(4-2)15-12(17)14-13(18)16(15)11-8-6-5-7-9-11/h5-10H,3-4H2,1-2H3,(H,14,17,18). The molecule has 1 N–H and O–H groups in total. The van der Waals surface area contributed by atoms with Crippen LogP contribution in [-0.4, -0.2) is 14.3 Å². The van der Waals surface area contributed by atoms with Crippen molar-refractivity contribution in [1.82, 2.24) is 14.3 Å². The van der Waals surface area contributed by atoms with E-state index < -0.39 is 5.69 Å². The largest absolute Gasteiger partial charge is 0.349 e. The zero-order chi connectivity index (χ0) is 13.1. The summed E-state index contributed by atoms with van der Waals surface area (Å²) in [4.78, 5) is 26.1. The predicted molar refractivity (Wildman–Crippen MR) is 70.3 cm³/mol. The van der Waals surface area contributed by atoms with E-state index >= 15 is 0 Å². The van der Waals surface area contributed by atoms with Crippen molar-refractivity contribution in [2.75, 3.05) is 0 Å². The van der Waals surface area contributed by atoms with E-state index in [1.807, 2.05) is 44.2 Å². The normalized spacial score (nSPS) is 11.1. The van der Waals surface area contributed by atoms with E-state index in [1.54, 1.807) is 0 Å². The molecule has 96 valence electrons. The zero-order valence-electron chi connectivity index (χ0n) is 10.6. The van der Waals surface area contributed by atoms with Gasteiger partial charge in [-0.25, -0.2) is 14.3 Å². The first kappa shape index (κ1) is 12.4. The maximum absolute atomic E-state index is 11.9. The molecular weight excluding hydrogens is 230 g/mol. The minimum Gasteiger partial charge on any atom is -0.256 e. The van der Waals surface area contributed by atoms with Gasteiger partial charge in [-0.1, -0.05) is 32.0 Å². The van der Waals surface area contributed by atoms with Crippen LogP contribution < -0.4 is 11.4 Å². The van der Waals surface area contributed by atoms with Gasteiger partial charge in [-0.05, 0) is 25.0 Å². The predicted octanol–water partition coefficient (Wildman–Crippen LogP) is 1.69. The summed E-state index contributed by atoms with van der Waals surface area (Å²) >= 11 is 0. The number of H-pyrrole nitrogens is 1. The van der Waals surface area contributed by atoms with Crippen molar-refractivity contribution in [3.8, 4) is 5.69 Å². The van der Waals surface area contributed by atoms with Gasteiger partial charge < -0.3 is 0 Å². The Morgan fingerprint density at radius 1 is 1.06 bits per heavy atom. The van der Waals surface area contributed by atoms with E-state index in [0.717, 1.165) is 12.8 Å². The summed E-state index contributed by atoms with van der Waals surface area (Å²) < 4.78 is 2.93. The van der Waals surface area contributed by atoms with E-state index in [1.165, 1.54) is 9.36 Å². The average molecular weight is 247 g/mol. The molecule has 0 aliphatic rings. The summed E-state index contributed by atoms with van der Waals surface area (Å²) in [7, 11) is 0.